The number of amides is 1. The second-order valence-corrected chi connectivity index (χ2v) is 7.65. The maximum Gasteiger partial charge on any atom is 0.275 e. The van der Waals surface area contributed by atoms with Crippen LogP contribution in [0.15, 0.2) is 48.7 Å². The fourth-order valence-corrected chi connectivity index (χ4v) is 3.35. The number of likely N-dealkylation sites (N-methyl/N-ethyl adjacent to an activating group) is 1. The molecule has 0 radical (unpaired) electrons. The number of carbonyl (C=O) groups is 1. The Bertz CT molecular complexity index is 1150. The zero-order valence-electron chi connectivity index (χ0n) is 17.4. The van der Waals surface area contributed by atoms with E-state index in [1.54, 1.807) is 18.2 Å². The van der Waals surface area contributed by atoms with Crippen LogP contribution in [0.1, 0.15) is 23.0 Å². The van der Waals surface area contributed by atoms with E-state index in [4.69, 9.17) is 21.8 Å². The number of rotatable bonds is 5. The predicted octanol–water partition coefficient (Wildman–Crippen LogP) is 3.75. The van der Waals surface area contributed by atoms with Crippen molar-refractivity contribution in [2.45, 2.75) is 19.2 Å². The Morgan fingerprint density at radius 2 is 2.16 bits per heavy atom. The van der Waals surface area contributed by atoms with Gasteiger partial charge in [-0.2, -0.15) is 0 Å². The van der Waals surface area contributed by atoms with Crippen LogP contribution in [0, 0.1) is 5.41 Å². The SMILES string of the molecule is CNC(C)C1Nc2cc(cc(NC(=O)c3ccc(Cl)cn3)n2)-c2cccc(C=N)c2NO1. The molecule has 32 heavy (non-hydrogen) atoms. The molecule has 9 nitrogen and oxygen atoms in total. The number of nitrogens with zero attached hydrogens (tertiary/aromatic N) is 2. The van der Waals surface area contributed by atoms with Gasteiger partial charge in [0.05, 0.1) is 16.8 Å². The van der Waals surface area contributed by atoms with Gasteiger partial charge in [0, 0.05) is 23.5 Å². The number of fused-ring (bicyclic) bond motifs is 4. The van der Waals surface area contributed by atoms with E-state index in [0.717, 1.165) is 11.1 Å². The third-order valence-electron chi connectivity index (χ3n) is 5.08. The normalized spacial score (nSPS) is 15.7. The van der Waals surface area contributed by atoms with Crippen molar-refractivity contribution in [1.82, 2.24) is 15.3 Å². The van der Waals surface area contributed by atoms with Gasteiger partial charge in [-0.05, 0) is 43.8 Å². The summed E-state index contributed by atoms with van der Waals surface area (Å²) in [5.74, 6) is 0.453. The van der Waals surface area contributed by atoms with E-state index in [0.29, 0.717) is 27.9 Å². The molecule has 0 aliphatic carbocycles. The number of benzene rings is 1. The lowest BCUT2D eigenvalue weighted by Gasteiger charge is -2.25. The Morgan fingerprint density at radius 3 is 2.88 bits per heavy atom. The van der Waals surface area contributed by atoms with Gasteiger partial charge in [-0.3, -0.25) is 10.3 Å². The van der Waals surface area contributed by atoms with Gasteiger partial charge in [-0.25, -0.2) is 14.8 Å². The molecule has 0 saturated heterocycles. The van der Waals surface area contributed by atoms with E-state index in [1.165, 1.54) is 12.4 Å². The molecule has 164 valence electrons. The molecule has 1 aromatic carbocycles. The lowest BCUT2D eigenvalue weighted by Crippen LogP contribution is -2.43. The van der Waals surface area contributed by atoms with Crippen molar-refractivity contribution < 1.29 is 9.63 Å². The van der Waals surface area contributed by atoms with Crippen LogP contribution in [-0.2, 0) is 4.84 Å². The molecule has 2 bridgehead atoms. The maximum atomic E-state index is 12.7. The lowest BCUT2D eigenvalue weighted by molar-refractivity contribution is 0.0955. The summed E-state index contributed by atoms with van der Waals surface area (Å²) in [6.07, 6.45) is 2.18. The van der Waals surface area contributed by atoms with E-state index in [9.17, 15) is 4.79 Å². The van der Waals surface area contributed by atoms with Crippen LogP contribution in [0.25, 0.3) is 11.1 Å². The van der Waals surface area contributed by atoms with Crippen LogP contribution in [-0.4, -0.2) is 41.4 Å². The summed E-state index contributed by atoms with van der Waals surface area (Å²) < 4.78 is 0. The fourth-order valence-electron chi connectivity index (χ4n) is 3.24. The topological polar surface area (TPSA) is 124 Å². The monoisotopic (exact) mass is 451 g/mol. The fraction of sp³-hybridized carbons (Fsp3) is 0.182. The Morgan fingerprint density at radius 1 is 1.31 bits per heavy atom. The van der Waals surface area contributed by atoms with E-state index in [-0.39, 0.29) is 11.7 Å². The van der Waals surface area contributed by atoms with Crippen molar-refractivity contribution in [2.24, 2.45) is 0 Å². The third kappa shape index (κ3) is 4.54. The van der Waals surface area contributed by atoms with Crippen molar-refractivity contribution in [3.63, 3.8) is 0 Å². The average molecular weight is 452 g/mol. The number of anilines is 3. The molecule has 1 aliphatic heterocycles. The number of carbonyl (C=O) groups excluding carboxylic acids is 1. The number of pyridine rings is 2. The minimum absolute atomic E-state index is 0.0852. The summed E-state index contributed by atoms with van der Waals surface area (Å²) in [5, 5.41) is 17.4. The van der Waals surface area contributed by atoms with Gasteiger partial charge in [-0.15, -0.1) is 0 Å². The zero-order valence-corrected chi connectivity index (χ0v) is 18.2. The highest BCUT2D eigenvalue weighted by atomic mass is 35.5. The number of para-hydroxylation sites is 1. The van der Waals surface area contributed by atoms with Crippen molar-refractivity contribution in [3.05, 3.63) is 64.9 Å². The minimum atomic E-state index is -0.492. The second kappa shape index (κ2) is 9.31. The smallest absolute Gasteiger partial charge is 0.275 e. The number of aromatic nitrogens is 2. The zero-order chi connectivity index (χ0) is 22.7. The van der Waals surface area contributed by atoms with Crippen LogP contribution < -0.4 is 21.4 Å². The van der Waals surface area contributed by atoms with Crippen LogP contribution >= 0.6 is 11.6 Å². The molecule has 10 heteroatoms. The van der Waals surface area contributed by atoms with Crippen LogP contribution in [0.3, 0.4) is 0 Å². The van der Waals surface area contributed by atoms with Gasteiger partial charge in [-0.1, -0.05) is 29.8 Å². The highest BCUT2D eigenvalue weighted by Gasteiger charge is 2.23. The van der Waals surface area contributed by atoms with E-state index < -0.39 is 12.1 Å². The average Bonchev–Trinajstić information content (AvgIpc) is 2.85. The highest BCUT2D eigenvalue weighted by Crippen LogP contribution is 2.34. The summed E-state index contributed by atoms with van der Waals surface area (Å²) in [6.45, 7) is 1.96. The Balaban J connectivity index is 1.77. The number of hydrogen-bond donors (Lipinski definition) is 5. The molecule has 0 saturated carbocycles. The number of hydrogen-bond acceptors (Lipinski definition) is 8. The summed E-state index contributed by atoms with van der Waals surface area (Å²) in [4.78, 5) is 27.2. The van der Waals surface area contributed by atoms with Crippen molar-refractivity contribution in [3.8, 4) is 11.1 Å². The Hall–Kier alpha value is -3.53. The van der Waals surface area contributed by atoms with Gasteiger partial charge in [0.25, 0.3) is 5.91 Å². The van der Waals surface area contributed by atoms with Gasteiger partial charge in [0.1, 0.15) is 17.3 Å². The van der Waals surface area contributed by atoms with Crippen LogP contribution in [0.4, 0.5) is 17.3 Å². The van der Waals surface area contributed by atoms with Crippen LogP contribution in [0.2, 0.25) is 5.02 Å². The molecule has 1 aliphatic rings. The molecule has 2 aromatic heterocycles. The second-order valence-electron chi connectivity index (χ2n) is 7.22. The molecule has 3 heterocycles. The Kier molecular flexibility index (Phi) is 6.31. The lowest BCUT2D eigenvalue weighted by atomic mass is 10.0. The first-order chi connectivity index (χ1) is 15.5. The molecular formula is C22H22ClN7O2. The molecule has 4 rings (SSSR count). The third-order valence-corrected chi connectivity index (χ3v) is 5.30. The number of halogens is 1. The van der Waals surface area contributed by atoms with Gasteiger partial charge in [0.2, 0.25) is 0 Å². The Labute approximate surface area is 190 Å². The molecule has 3 aromatic rings. The first-order valence-corrected chi connectivity index (χ1v) is 10.3. The van der Waals surface area contributed by atoms with E-state index >= 15 is 0 Å². The summed E-state index contributed by atoms with van der Waals surface area (Å²) in [6, 6.07) is 12.3. The molecule has 5 N–H and O–H groups in total. The van der Waals surface area contributed by atoms with Crippen molar-refractivity contribution >= 4 is 41.0 Å². The van der Waals surface area contributed by atoms with E-state index in [1.807, 2.05) is 38.2 Å². The molecular weight excluding hydrogens is 430 g/mol. The van der Waals surface area contributed by atoms with Crippen LogP contribution in [0.5, 0.6) is 0 Å². The summed E-state index contributed by atoms with van der Waals surface area (Å²) in [5.41, 5.74) is 6.12. The molecule has 2 atom stereocenters. The van der Waals surface area contributed by atoms with Gasteiger partial charge < -0.3 is 21.4 Å². The highest BCUT2D eigenvalue weighted by molar-refractivity contribution is 6.30. The van der Waals surface area contributed by atoms with Gasteiger partial charge >= 0.3 is 0 Å². The van der Waals surface area contributed by atoms with Crippen molar-refractivity contribution in [1.29, 1.82) is 5.41 Å². The molecule has 1 amide bonds. The largest absolute Gasteiger partial charge is 0.342 e. The number of nitrogens with one attached hydrogen (secondary N) is 5. The minimum Gasteiger partial charge on any atom is -0.342 e. The molecule has 0 spiro atoms. The van der Waals surface area contributed by atoms with Crippen molar-refractivity contribution in [2.75, 3.05) is 23.2 Å². The van der Waals surface area contributed by atoms with Gasteiger partial charge in [0.15, 0.2) is 6.23 Å². The first kappa shape index (κ1) is 21.7. The standard InChI is InChI=1S/C22H22ClN7O2/c1-12(25-2)22-29-19-9-14(16-5-3-4-13(10-24)20(16)30-32-22)8-18(27-19)28-21(31)17-7-6-15(23)11-26-17/h3-12,22,24-25,30H,1-2H3,(H2,27,28,29,31). The summed E-state index contributed by atoms with van der Waals surface area (Å²) in [7, 11) is 1.83. The maximum absolute atomic E-state index is 12.7. The quantitative estimate of drug-likeness (QED) is 0.374. The summed E-state index contributed by atoms with van der Waals surface area (Å²) >= 11 is 5.86. The first-order valence-electron chi connectivity index (χ1n) is 9.93. The predicted molar refractivity (Wildman–Crippen MR) is 125 cm³/mol. The molecule has 2 unspecified atom stereocenters. The molecule has 0 fully saturated rings. The van der Waals surface area contributed by atoms with E-state index in [2.05, 4.69) is 31.4 Å².